The van der Waals surface area contributed by atoms with Crippen LogP contribution in [0.4, 0.5) is 0 Å². The second kappa shape index (κ2) is 11.6. The van der Waals surface area contributed by atoms with Gasteiger partial charge in [-0.05, 0) is 52.6 Å². The zero-order valence-electron chi connectivity index (χ0n) is 26.7. The van der Waals surface area contributed by atoms with Gasteiger partial charge in [0.15, 0.2) is 17.5 Å². The van der Waals surface area contributed by atoms with Crippen molar-refractivity contribution in [3.05, 3.63) is 164 Å². The van der Waals surface area contributed by atoms with Gasteiger partial charge in [0.2, 0.25) is 0 Å². The van der Waals surface area contributed by atoms with Gasteiger partial charge in [-0.1, -0.05) is 133 Å². The minimum atomic E-state index is 0.599. The average Bonchev–Trinajstić information content (AvgIpc) is 3.76. The van der Waals surface area contributed by atoms with E-state index in [1.165, 1.54) is 36.9 Å². The van der Waals surface area contributed by atoms with E-state index in [9.17, 15) is 0 Å². The van der Waals surface area contributed by atoms with Crippen LogP contribution in [-0.2, 0) is 0 Å². The van der Waals surface area contributed by atoms with E-state index in [2.05, 4.69) is 133 Å². The average molecular weight is 658 g/mol. The molecule has 0 aliphatic carbocycles. The number of hydrogen-bond acceptors (Lipinski definition) is 5. The van der Waals surface area contributed by atoms with Crippen LogP contribution >= 0.6 is 11.3 Å². The van der Waals surface area contributed by atoms with Crippen LogP contribution in [0.15, 0.2) is 168 Å². The van der Waals surface area contributed by atoms with Crippen LogP contribution < -0.4 is 0 Å². The van der Waals surface area contributed by atoms with Crippen LogP contribution in [0.2, 0.25) is 0 Å². The largest absolute Gasteiger partial charge is 0.456 e. The molecule has 0 saturated heterocycles. The summed E-state index contributed by atoms with van der Waals surface area (Å²) in [5, 5.41) is 4.67. The van der Waals surface area contributed by atoms with Crippen LogP contribution in [-0.4, -0.2) is 15.0 Å². The number of furan rings is 1. The molecule has 0 spiro atoms. The standard InChI is InChI=1S/C45H27N3OS/c1-3-10-28(11-4-1)29-18-20-31(21-19-29)43-46-44(32-22-24-36-35-14-7-8-16-38(35)49-39(36)26-32)48-45(47-43)33-23-25-37-41(27-33)50-40-17-9-15-34(42(37)40)30-12-5-2-6-13-30/h1-27H. The first-order valence-electron chi connectivity index (χ1n) is 16.6. The minimum Gasteiger partial charge on any atom is -0.456 e. The smallest absolute Gasteiger partial charge is 0.164 e. The number of thiophene rings is 1. The SMILES string of the molecule is c1ccc(-c2ccc(-c3nc(-c4ccc5c(c4)oc4ccccc45)nc(-c4ccc5c(c4)sc4cccc(-c6ccccc6)c45)n3)cc2)cc1. The summed E-state index contributed by atoms with van der Waals surface area (Å²) in [6, 6.07) is 56.9. The van der Waals surface area contributed by atoms with E-state index in [4.69, 9.17) is 19.4 Å². The quantitative estimate of drug-likeness (QED) is 0.185. The zero-order valence-corrected chi connectivity index (χ0v) is 27.6. The van der Waals surface area contributed by atoms with Crippen LogP contribution in [0.3, 0.4) is 0 Å². The summed E-state index contributed by atoms with van der Waals surface area (Å²) >= 11 is 1.80. The van der Waals surface area contributed by atoms with Crippen molar-refractivity contribution in [3.8, 4) is 56.4 Å². The fraction of sp³-hybridized carbons (Fsp3) is 0. The Morgan fingerprint density at radius 2 is 0.920 bits per heavy atom. The molecule has 10 aromatic rings. The Balaban J connectivity index is 1.13. The summed E-state index contributed by atoms with van der Waals surface area (Å²) in [5.41, 5.74) is 9.18. The van der Waals surface area contributed by atoms with Gasteiger partial charge in [-0.2, -0.15) is 0 Å². The lowest BCUT2D eigenvalue weighted by atomic mass is 9.99. The highest BCUT2D eigenvalue weighted by Gasteiger charge is 2.17. The minimum absolute atomic E-state index is 0.599. The van der Waals surface area contributed by atoms with E-state index in [0.29, 0.717) is 17.5 Å². The van der Waals surface area contributed by atoms with Gasteiger partial charge in [0.25, 0.3) is 0 Å². The van der Waals surface area contributed by atoms with Crippen LogP contribution in [0, 0.1) is 0 Å². The molecule has 0 fully saturated rings. The van der Waals surface area contributed by atoms with Crippen LogP contribution in [0.25, 0.3) is 98.5 Å². The Kier molecular flexibility index (Phi) is 6.64. The van der Waals surface area contributed by atoms with Gasteiger partial charge in [0.05, 0.1) is 0 Å². The van der Waals surface area contributed by atoms with Crippen molar-refractivity contribution in [2.24, 2.45) is 0 Å². The molecule has 4 nitrogen and oxygen atoms in total. The molecule has 0 aliphatic rings. The number of rotatable bonds is 5. The van der Waals surface area contributed by atoms with E-state index in [1.54, 1.807) is 11.3 Å². The van der Waals surface area contributed by atoms with Crippen LogP contribution in [0.5, 0.6) is 0 Å². The van der Waals surface area contributed by atoms with Gasteiger partial charge < -0.3 is 4.42 Å². The van der Waals surface area contributed by atoms with Crippen molar-refractivity contribution in [3.63, 3.8) is 0 Å². The van der Waals surface area contributed by atoms with Gasteiger partial charge in [0.1, 0.15) is 11.2 Å². The summed E-state index contributed by atoms with van der Waals surface area (Å²) in [6.07, 6.45) is 0. The summed E-state index contributed by atoms with van der Waals surface area (Å²) in [4.78, 5) is 15.2. The molecule has 0 saturated carbocycles. The van der Waals surface area contributed by atoms with Crippen molar-refractivity contribution in [1.82, 2.24) is 15.0 Å². The molecule has 0 atom stereocenters. The Labute approximate surface area is 292 Å². The molecule has 50 heavy (non-hydrogen) atoms. The third-order valence-electron chi connectivity index (χ3n) is 9.36. The first-order chi connectivity index (χ1) is 24.7. The summed E-state index contributed by atoms with van der Waals surface area (Å²) in [5.74, 6) is 1.85. The molecular weight excluding hydrogens is 631 g/mol. The number of hydrogen-bond donors (Lipinski definition) is 0. The Morgan fingerprint density at radius 1 is 0.360 bits per heavy atom. The zero-order chi connectivity index (χ0) is 33.0. The van der Waals surface area contributed by atoms with Gasteiger partial charge in [-0.3, -0.25) is 0 Å². The summed E-state index contributed by atoms with van der Waals surface area (Å²) in [6.45, 7) is 0. The molecule has 0 unspecified atom stereocenters. The lowest BCUT2D eigenvalue weighted by Gasteiger charge is -2.09. The predicted molar refractivity (Wildman–Crippen MR) is 207 cm³/mol. The van der Waals surface area contributed by atoms with E-state index in [1.807, 2.05) is 30.3 Å². The first-order valence-corrected chi connectivity index (χ1v) is 17.4. The third-order valence-corrected chi connectivity index (χ3v) is 10.5. The summed E-state index contributed by atoms with van der Waals surface area (Å²) in [7, 11) is 0. The van der Waals surface area contributed by atoms with Crippen molar-refractivity contribution in [1.29, 1.82) is 0 Å². The maximum atomic E-state index is 6.25. The number of fused-ring (bicyclic) bond motifs is 6. The number of nitrogens with zero attached hydrogens (tertiary/aromatic N) is 3. The van der Waals surface area contributed by atoms with Crippen molar-refractivity contribution in [2.75, 3.05) is 0 Å². The molecule has 0 N–H and O–H groups in total. The lowest BCUT2D eigenvalue weighted by molar-refractivity contribution is 0.669. The molecule has 0 aliphatic heterocycles. The molecule has 0 radical (unpaired) electrons. The predicted octanol–water partition coefficient (Wildman–Crippen LogP) is 12.5. The topological polar surface area (TPSA) is 51.8 Å². The number of benzene rings is 7. The van der Waals surface area contributed by atoms with E-state index in [0.717, 1.165) is 44.2 Å². The number of para-hydroxylation sites is 1. The molecular formula is C45H27N3OS. The molecule has 3 heterocycles. The lowest BCUT2D eigenvalue weighted by Crippen LogP contribution is -2.00. The van der Waals surface area contributed by atoms with Gasteiger partial charge in [0, 0.05) is 47.6 Å². The molecule has 7 aromatic carbocycles. The van der Waals surface area contributed by atoms with Crippen molar-refractivity contribution in [2.45, 2.75) is 0 Å². The van der Waals surface area contributed by atoms with Gasteiger partial charge in [-0.15, -0.1) is 11.3 Å². The maximum Gasteiger partial charge on any atom is 0.164 e. The molecule has 3 aromatic heterocycles. The van der Waals surface area contributed by atoms with E-state index < -0.39 is 0 Å². The van der Waals surface area contributed by atoms with E-state index >= 15 is 0 Å². The first kappa shape index (κ1) is 28.6. The molecule has 0 amide bonds. The monoisotopic (exact) mass is 657 g/mol. The molecule has 5 heteroatoms. The molecule has 234 valence electrons. The fourth-order valence-corrected chi connectivity index (χ4v) is 8.07. The van der Waals surface area contributed by atoms with Crippen molar-refractivity contribution < 1.29 is 4.42 Å². The molecule has 10 rings (SSSR count). The maximum absolute atomic E-state index is 6.25. The highest BCUT2D eigenvalue weighted by molar-refractivity contribution is 7.26. The van der Waals surface area contributed by atoms with E-state index in [-0.39, 0.29) is 0 Å². The summed E-state index contributed by atoms with van der Waals surface area (Å²) < 4.78 is 8.70. The highest BCUT2D eigenvalue weighted by atomic mass is 32.1. The highest BCUT2D eigenvalue weighted by Crippen LogP contribution is 2.41. The van der Waals surface area contributed by atoms with Gasteiger partial charge in [-0.25, -0.2) is 15.0 Å². The van der Waals surface area contributed by atoms with Crippen molar-refractivity contribution >= 4 is 53.4 Å². The second-order valence-corrected chi connectivity index (χ2v) is 13.5. The number of aromatic nitrogens is 3. The Morgan fingerprint density at radius 3 is 1.68 bits per heavy atom. The Hall–Kier alpha value is -6.43. The second-order valence-electron chi connectivity index (χ2n) is 12.4. The third kappa shape index (κ3) is 4.87. The van der Waals surface area contributed by atoms with Crippen LogP contribution in [0.1, 0.15) is 0 Å². The molecule has 0 bridgehead atoms. The van der Waals surface area contributed by atoms with Gasteiger partial charge >= 0.3 is 0 Å². The normalized spacial score (nSPS) is 11.6. The fourth-order valence-electron chi connectivity index (χ4n) is 6.89. The Bertz CT molecular complexity index is 2860.